The number of nitrogens with zero attached hydrogens (tertiary/aromatic N) is 4. The Labute approximate surface area is 155 Å². The van der Waals surface area contributed by atoms with Crippen molar-refractivity contribution in [2.24, 2.45) is 0 Å². The molecule has 3 rings (SSSR count). The maximum atomic E-state index is 11.8. The Morgan fingerprint density at radius 1 is 1.11 bits per heavy atom. The van der Waals surface area contributed by atoms with Crippen LogP contribution in [-0.2, 0) is 9.47 Å². The Bertz CT molecular complexity index is 989. The third-order valence-electron chi connectivity index (χ3n) is 3.45. The van der Waals surface area contributed by atoms with Crippen molar-refractivity contribution in [1.29, 1.82) is 0 Å². The Kier molecular flexibility index (Phi) is 4.76. The summed E-state index contributed by atoms with van der Waals surface area (Å²) in [4.78, 5) is 35.9. The summed E-state index contributed by atoms with van der Waals surface area (Å²) in [5.74, 6) is -0.670. The normalized spacial score (nSPS) is 11.3. The first-order valence-electron chi connectivity index (χ1n) is 8.16. The van der Waals surface area contributed by atoms with Gasteiger partial charge in [0.15, 0.2) is 5.65 Å². The van der Waals surface area contributed by atoms with Gasteiger partial charge in [0, 0.05) is 11.4 Å². The van der Waals surface area contributed by atoms with Gasteiger partial charge in [0.2, 0.25) is 5.82 Å². The smallest absolute Gasteiger partial charge is 0.412 e. The summed E-state index contributed by atoms with van der Waals surface area (Å²) in [6, 6.07) is 7.03. The topological polar surface area (TPSA) is 108 Å². The number of aromatic nitrogens is 4. The molecule has 27 heavy (non-hydrogen) atoms. The standard InChI is InChI=1S/C18H19N5O4/c1-18(2,3)27-17(25)21-11-5-7-12(8-6-11)23-10-20-13-9-19-14(16(24)26-4)22-15(13)23/h5-10H,1-4H3,(H,21,25). The predicted molar refractivity (Wildman–Crippen MR) is 97.9 cm³/mol. The maximum absolute atomic E-state index is 11.8. The van der Waals surface area contributed by atoms with Crippen molar-refractivity contribution >= 4 is 28.9 Å². The second-order valence-corrected chi connectivity index (χ2v) is 6.68. The Morgan fingerprint density at radius 2 is 1.81 bits per heavy atom. The van der Waals surface area contributed by atoms with E-state index in [2.05, 4.69) is 25.0 Å². The number of fused-ring (bicyclic) bond motifs is 1. The van der Waals surface area contributed by atoms with Crippen LogP contribution in [0.5, 0.6) is 0 Å². The van der Waals surface area contributed by atoms with Crippen molar-refractivity contribution in [2.45, 2.75) is 26.4 Å². The fourth-order valence-corrected chi connectivity index (χ4v) is 2.31. The summed E-state index contributed by atoms with van der Waals surface area (Å²) < 4.78 is 11.6. The Hall–Kier alpha value is -3.49. The number of hydrogen-bond donors (Lipinski definition) is 1. The third-order valence-corrected chi connectivity index (χ3v) is 3.45. The molecule has 0 aliphatic rings. The predicted octanol–water partition coefficient (Wildman–Crippen LogP) is 2.95. The molecule has 0 saturated carbocycles. The first kappa shape index (κ1) is 18.3. The molecule has 0 aliphatic heterocycles. The van der Waals surface area contributed by atoms with Gasteiger partial charge in [-0.2, -0.15) is 0 Å². The van der Waals surface area contributed by atoms with Crippen LogP contribution >= 0.6 is 0 Å². The minimum atomic E-state index is -0.624. The van der Waals surface area contributed by atoms with E-state index in [-0.39, 0.29) is 5.82 Å². The highest BCUT2D eigenvalue weighted by molar-refractivity contribution is 5.87. The maximum Gasteiger partial charge on any atom is 0.412 e. The van der Waals surface area contributed by atoms with Gasteiger partial charge in [-0.15, -0.1) is 0 Å². The number of nitrogens with one attached hydrogen (secondary N) is 1. The van der Waals surface area contributed by atoms with E-state index in [1.54, 1.807) is 55.9 Å². The van der Waals surface area contributed by atoms with Crippen molar-refractivity contribution in [1.82, 2.24) is 19.5 Å². The van der Waals surface area contributed by atoms with Gasteiger partial charge in [-0.25, -0.2) is 24.5 Å². The summed E-state index contributed by atoms with van der Waals surface area (Å²) in [5.41, 5.74) is 1.78. The number of rotatable bonds is 3. The fraction of sp³-hybridized carbons (Fsp3) is 0.278. The van der Waals surface area contributed by atoms with Gasteiger partial charge in [0.1, 0.15) is 17.4 Å². The number of ether oxygens (including phenoxy) is 2. The number of hydrogen-bond acceptors (Lipinski definition) is 7. The number of methoxy groups -OCH3 is 1. The van der Waals surface area contributed by atoms with Crippen molar-refractivity contribution in [2.75, 3.05) is 12.4 Å². The van der Waals surface area contributed by atoms with Crippen LogP contribution in [0.15, 0.2) is 36.8 Å². The number of imidazole rings is 1. The fourth-order valence-electron chi connectivity index (χ4n) is 2.31. The lowest BCUT2D eigenvalue weighted by molar-refractivity contribution is 0.0585. The van der Waals surface area contributed by atoms with E-state index >= 15 is 0 Å². The highest BCUT2D eigenvalue weighted by atomic mass is 16.6. The van der Waals surface area contributed by atoms with E-state index < -0.39 is 17.7 Å². The molecule has 0 bridgehead atoms. The summed E-state index contributed by atoms with van der Waals surface area (Å²) in [6.07, 6.45) is 2.51. The Balaban J connectivity index is 1.85. The zero-order chi connectivity index (χ0) is 19.6. The molecule has 2 heterocycles. The van der Waals surface area contributed by atoms with Crippen LogP contribution in [0.25, 0.3) is 16.9 Å². The lowest BCUT2D eigenvalue weighted by atomic mass is 10.2. The van der Waals surface area contributed by atoms with E-state index in [0.717, 1.165) is 5.69 Å². The van der Waals surface area contributed by atoms with Crippen molar-refractivity contribution < 1.29 is 19.1 Å². The molecule has 0 aliphatic carbocycles. The SMILES string of the molecule is COC(=O)c1ncc2ncn(-c3ccc(NC(=O)OC(C)(C)C)cc3)c2n1. The molecule has 0 radical (unpaired) electrons. The first-order chi connectivity index (χ1) is 12.8. The van der Waals surface area contributed by atoms with Crippen LogP contribution in [0.1, 0.15) is 31.4 Å². The molecule has 140 valence electrons. The number of amides is 1. The number of carbonyl (C=O) groups excluding carboxylic acids is 2. The number of carbonyl (C=O) groups is 2. The summed E-state index contributed by atoms with van der Waals surface area (Å²) >= 11 is 0. The molecule has 0 fully saturated rings. The lowest BCUT2D eigenvalue weighted by Gasteiger charge is -2.19. The molecule has 0 spiro atoms. The van der Waals surface area contributed by atoms with Gasteiger partial charge in [0.05, 0.1) is 13.3 Å². The van der Waals surface area contributed by atoms with Gasteiger partial charge < -0.3 is 9.47 Å². The zero-order valence-electron chi connectivity index (χ0n) is 15.4. The molecule has 1 amide bonds. The van der Waals surface area contributed by atoms with Gasteiger partial charge in [-0.3, -0.25) is 9.88 Å². The second kappa shape index (κ2) is 7.02. The van der Waals surface area contributed by atoms with Crippen LogP contribution in [0.3, 0.4) is 0 Å². The van der Waals surface area contributed by atoms with Crippen molar-refractivity contribution in [3.63, 3.8) is 0 Å². The monoisotopic (exact) mass is 369 g/mol. The van der Waals surface area contributed by atoms with Crippen molar-refractivity contribution in [3.8, 4) is 5.69 Å². The van der Waals surface area contributed by atoms with Crippen molar-refractivity contribution in [3.05, 3.63) is 42.6 Å². The van der Waals surface area contributed by atoms with Gasteiger partial charge in [-0.1, -0.05) is 0 Å². The van der Waals surface area contributed by atoms with E-state index in [0.29, 0.717) is 16.9 Å². The average molecular weight is 369 g/mol. The van der Waals surface area contributed by atoms with Gasteiger partial charge in [0.25, 0.3) is 0 Å². The van der Waals surface area contributed by atoms with Gasteiger partial charge >= 0.3 is 12.1 Å². The molecule has 1 N–H and O–H groups in total. The van der Waals surface area contributed by atoms with E-state index in [4.69, 9.17) is 4.74 Å². The number of esters is 1. The van der Waals surface area contributed by atoms with Crippen LogP contribution in [0.2, 0.25) is 0 Å². The average Bonchev–Trinajstić information content (AvgIpc) is 3.03. The van der Waals surface area contributed by atoms with E-state index in [9.17, 15) is 9.59 Å². The molecule has 2 aromatic heterocycles. The number of benzene rings is 1. The van der Waals surface area contributed by atoms with Crippen LogP contribution < -0.4 is 5.32 Å². The van der Waals surface area contributed by atoms with E-state index in [1.807, 2.05) is 0 Å². The Morgan fingerprint density at radius 3 is 2.44 bits per heavy atom. The quantitative estimate of drug-likeness (QED) is 0.707. The molecule has 0 saturated heterocycles. The lowest BCUT2D eigenvalue weighted by Crippen LogP contribution is -2.27. The molecular weight excluding hydrogens is 350 g/mol. The zero-order valence-corrected chi connectivity index (χ0v) is 15.4. The molecule has 9 nitrogen and oxygen atoms in total. The molecule has 3 aromatic rings. The largest absolute Gasteiger partial charge is 0.463 e. The second-order valence-electron chi connectivity index (χ2n) is 6.68. The first-order valence-corrected chi connectivity index (χ1v) is 8.16. The van der Waals surface area contributed by atoms with Crippen LogP contribution in [0, 0.1) is 0 Å². The summed E-state index contributed by atoms with van der Waals surface area (Å²) in [7, 11) is 1.27. The van der Waals surface area contributed by atoms with Crippen LogP contribution in [-0.4, -0.2) is 44.3 Å². The van der Waals surface area contributed by atoms with Crippen LogP contribution in [0.4, 0.5) is 10.5 Å². The third kappa shape index (κ3) is 4.20. The summed E-state index contributed by atoms with van der Waals surface area (Å²) in [6.45, 7) is 5.39. The molecule has 0 atom stereocenters. The minimum absolute atomic E-state index is 0.0463. The minimum Gasteiger partial charge on any atom is -0.463 e. The summed E-state index contributed by atoms with van der Waals surface area (Å²) in [5, 5.41) is 2.67. The number of anilines is 1. The molecule has 0 unspecified atom stereocenters. The van der Waals surface area contributed by atoms with E-state index in [1.165, 1.54) is 13.3 Å². The highest BCUT2D eigenvalue weighted by Gasteiger charge is 2.17. The highest BCUT2D eigenvalue weighted by Crippen LogP contribution is 2.19. The molecule has 9 heteroatoms. The molecular formula is C18H19N5O4. The molecule has 1 aromatic carbocycles. The van der Waals surface area contributed by atoms with Gasteiger partial charge in [-0.05, 0) is 45.0 Å².